The normalized spacial score (nSPS) is 16.9. The van der Waals surface area contributed by atoms with Crippen molar-refractivity contribution in [2.75, 3.05) is 0 Å². The van der Waals surface area contributed by atoms with Crippen molar-refractivity contribution in [3.63, 3.8) is 0 Å². The molecule has 2 bridgehead atoms. The topological polar surface area (TPSA) is 156 Å². The van der Waals surface area contributed by atoms with Crippen LogP contribution in [0, 0.1) is 11.8 Å². The van der Waals surface area contributed by atoms with Gasteiger partial charge in [-0.2, -0.15) is 0 Å². The lowest BCUT2D eigenvalue weighted by atomic mass is 9.99. The number of fused-ring (bicyclic) bond motifs is 2. The van der Waals surface area contributed by atoms with Crippen LogP contribution in [0.15, 0.2) is 36.5 Å². The summed E-state index contributed by atoms with van der Waals surface area (Å²) in [6.45, 7) is 7.21. The summed E-state index contributed by atoms with van der Waals surface area (Å²) in [6, 6.07) is 5.98. The first kappa shape index (κ1) is 28.8. The Labute approximate surface area is 225 Å². The smallest absolute Gasteiger partial charge is 0.408 e. The number of nitrogens with zero attached hydrogens (tertiary/aromatic N) is 1. The fourth-order valence-corrected chi connectivity index (χ4v) is 4.69. The number of ether oxygens (including phenoxy) is 1. The van der Waals surface area contributed by atoms with Crippen LogP contribution in [0.3, 0.4) is 0 Å². The molecular formula is C26H33N5O6S. The minimum absolute atomic E-state index is 0.0414. The van der Waals surface area contributed by atoms with Crippen molar-refractivity contribution in [3.05, 3.63) is 52.0 Å². The van der Waals surface area contributed by atoms with E-state index in [4.69, 9.17) is 4.74 Å². The molecule has 0 saturated carbocycles. The van der Waals surface area contributed by atoms with E-state index in [0.717, 1.165) is 10.4 Å². The van der Waals surface area contributed by atoms with Crippen LogP contribution >= 0.6 is 11.3 Å². The lowest BCUT2D eigenvalue weighted by Gasteiger charge is -2.28. The van der Waals surface area contributed by atoms with Crippen molar-refractivity contribution in [1.29, 1.82) is 0 Å². The van der Waals surface area contributed by atoms with Crippen LogP contribution in [-0.4, -0.2) is 52.7 Å². The molecular weight excluding hydrogens is 510 g/mol. The number of carbonyl (C=O) groups is 5. The summed E-state index contributed by atoms with van der Waals surface area (Å²) >= 11 is 1.35. The van der Waals surface area contributed by atoms with Crippen molar-refractivity contribution in [3.8, 4) is 0 Å². The second-order valence-electron chi connectivity index (χ2n) is 9.69. The number of hydrogen-bond donors (Lipinski definition) is 4. The molecule has 0 fully saturated rings. The third-order valence-corrected chi connectivity index (χ3v) is 6.96. The zero-order valence-corrected chi connectivity index (χ0v) is 22.6. The Kier molecular flexibility index (Phi) is 9.94. The maximum atomic E-state index is 13.2. The highest BCUT2D eigenvalue weighted by molar-refractivity contribution is 7.11. The Morgan fingerprint density at radius 1 is 1.03 bits per heavy atom. The number of Topliss-reactive ketones (excluding diaryl/α,β-unsaturated/α-hetero) is 1. The number of benzene rings is 1. The van der Waals surface area contributed by atoms with Crippen LogP contribution in [0.5, 0.6) is 0 Å². The van der Waals surface area contributed by atoms with Gasteiger partial charge in [0.05, 0.1) is 11.6 Å². The summed E-state index contributed by atoms with van der Waals surface area (Å²) in [7, 11) is 0. The van der Waals surface area contributed by atoms with E-state index >= 15 is 0 Å². The molecule has 4 N–H and O–H groups in total. The van der Waals surface area contributed by atoms with Gasteiger partial charge in [0.2, 0.25) is 17.6 Å². The Morgan fingerprint density at radius 2 is 1.68 bits per heavy atom. The molecule has 2 heterocycles. The Bertz CT molecular complexity index is 1170. The molecule has 0 spiro atoms. The molecule has 11 nitrogen and oxygen atoms in total. The first-order valence-corrected chi connectivity index (χ1v) is 13.2. The number of aromatic nitrogens is 1. The van der Waals surface area contributed by atoms with Gasteiger partial charge in [0.25, 0.3) is 5.91 Å². The molecule has 3 unspecified atom stereocenters. The maximum Gasteiger partial charge on any atom is 0.408 e. The molecule has 1 aromatic heterocycles. The van der Waals surface area contributed by atoms with Crippen molar-refractivity contribution in [1.82, 2.24) is 26.3 Å². The molecule has 1 aromatic carbocycles. The van der Waals surface area contributed by atoms with E-state index in [0.29, 0.717) is 5.01 Å². The molecule has 0 aliphatic carbocycles. The Hall–Kier alpha value is -3.80. The molecule has 204 valence electrons. The number of nitrogens with one attached hydrogen (secondary N) is 4. The molecule has 0 saturated heterocycles. The van der Waals surface area contributed by atoms with Gasteiger partial charge in [-0.3, -0.25) is 19.2 Å². The Morgan fingerprint density at radius 3 is 2.34 bits per heavy atom. The van der Waals surface area contributed by atoms with Crippen LogP contribution in [0.25, 0.3) is 0 Å². The SMILES string of the molecule is CC(C)C(NC(=O)OCc1ccccc1)C(=O)NC(C(=O)NC1Cc2ncc(s2)CNC(=O)C1=O)C(C)C. The molecule has 38 heavy (non-hydrogen) atoms. The van der Waals surface area contributed by atoms with Gasteiger partial charge < -0.3 is 26.0 Å². The van der Waals surface area contributed by atoms with E-state index in [9.17, 15) is 24.0 Å². The second-order valence-corrected chi connectivity index (χ2v) is 10.9. The molecule has 0 radical (unpaired) electrons. The lowest BCUT2D eigenvalue weighted by Crippen LogP contribution is -2.59. The highest BCUT2D eigenvalue weighted by atomic mass is 32.1. The summed E-state index contributed by atoms with van der Waals surface area (Å²) in [5.41, 5.74) is 0.798. The predicted molar refractivity (Wildman–Crippen MR) is 140 cm³/mol. The van der Waals surface area contributed by atoms with E-state index in [2.05, 4.69) is 26.3 Å². The standard InChI is InChI=1S/C26H33N5O6S/c1-14(2)20(23(33)29-18-10-19-27-11-17(38-19)12-28-25(35)22(18)32)30-24(34)21(15(3)4)31-26(36)37-13-16-8-6-5-7-9-16/h5-9,11,14-15,18,20-21H,10,12-13H2,1-4H3,(H,28,35)(H,29,33)(H,30,34)(H,31,36). The van der Waals surface area contributed by atoms with Crippen LogP contribution in [0.1, 0.15) is 43.1 Å². The molecule has 12 heteroatoms. The summed E-state index contributed by atoms with van der Waals surface area (Å²) in [6.07, 6.45) is 0.916. The van der Waals surface area contributed by atoms with Crippen molar-refractivity contribution < 1.29 is 28.7 Å². The van der Waals surface area contributed by atoms with Gasteiger partial charge in [-0.05, 0) is 17.4 Å². The van der Waals surface area contributed by atoms with E-state index in [1.54, 1.807) is 33.9 Å². The molecule has 1 aliphatic heterocycles. The van der Waals surface area contributed by atoms with Crippen LogP contribution in [-0.2, 0) is 43.5 Å². The van der Waals surface area contributed by atoms with Gasteiger partial charge in [-0.15, -0.1) is 11.3 Å². The largest absolute Gasteiger partial charge is 0.445 e. The Balaban J connectivity index is 1.65. The fraction of sp³-hybridized carbons (Fsp3) is 0.462. The highest BCUT2D eigenvalue weighted by Crippen LogP contribution is 2.17. The summed E-state index contributed by atoms with van der Waals surface area (Å²) < 4.78 is 5.24. The average Bonchev–Trinajstić information content (AvgIpc) is 3.35. The molecule has 4 amide bonds. The molecule has 2 aromatic rings. The molecule has 3 rings (SSSR count). The predicted octanol–water partition coefficient (Wildman–Crippen LogP) is 1.46. The summed E-state index contributed by atoms with van der Waals surface area (Å²) in [4.78, 5) is 68.8. The first-order valence-electron chi connectivity index (χ1n) is 12.4. The monoisotopic (exact) mass is 543 g/mol. The number of rotatable bonds is 9. The van der Waals surface area contributed by atoms with Gasteiger partial charge in [0, 0.05) is 17.5 Å². The van der Waals surface area contributed by atoms with Crippen LogP contribution in [0.4, 0.5) is 4.79 Å². The maximum absolute atomic E-state index is 13.2. The zero-order valence-electron chi connectivity index (χ0n) is 21.8. The number of carbonyl (C=O) groups excluding carboxylic acids is 5. The highest BCUT2D eigenvalue weighted by Gasteiger charge is 2.35. The van der Waals surface area contributed by atoms with Crippen LogP contribution < -0.4 is 21.3 Å². The van der Waals surface area contributed by atoms with E-state index < -0.39 is 47.7 Å². The summed E-state index contributed by atoms with van der Waals surface area (Å²) in [5.74, 6) is -3.45. The van der Waals surface area contributed by atoms with Gasteiger partial charge in [-0.1, -0.05) is 58.0 Å². The van der Waals surface area contributed by atoms with Crippen LogP contribution in [0.2, 0.25) is 0 Å². The second kappa shape index (κ2) is 13.1. The third kappa shape index (κ3) is 7.85. The lowest BCUT2D eigenvalue weighted by molar-refractivity contribution is -0.140. The number of amides is 4. The fourth-order valence-electron chi connectivity index (χ4n) is 3.79. The van der Waals surface area contributed by atoms with E-state index in [-0.39, 0.29) is 31.4 Å². The first-order chi connectivity index (χ1) is 18.0. The number of alkyl carbamates (subject to hydrolysis) is 1. The molecule has 1 aliphatic rings. The number of thiazole rings is 1. The number of ketones is 1. The molecule has 3 atom stereocenters. The number of hydrogen-bond acceptors (Lipinski definition) is 8. The van der Waals surface area contributed by atoms with Crippen molar-refractivity contribution >= 4 is 40.9 Å². The quantitative estimate of drug-likeness (QED) is 0.349. The zero-order chi connectivity index (χ0) is 27.8. The van der Waals surface area contributed by atoms with Crippen molar-refractivity contribution in [2.45, 2.75) is 65.4 Å². The third-order valence-electron chi connectivity index (χ3n) is 5.94. The minimum Gasteiger partial charge on any atom is -0.445 e. The van der Waals surface area contributed by atoms with E-state index in [1.807, 2.05) is 30.3 Å². The van der Waals surface area contributed by atoms with Gasteiger partial charge in [-0.25, -0.2) is 9.78 Å². The van der Waals surface area contributed by atoms with Gasteiger partial charge >= 0.3 is 6.09 Å². The summed E-state index contributed by atoms with van der Waals surface area (Å²) in [5, 5.41) is 11.0. The average molecular weight is 544 g/mol. The minimum atomic E-state index is -1.13. The van der Waals surface area contributed by atoms with Gasteiger partial charge in [0.15, 0.2) is 0 Å². The van der Waals surface area contributed by atoms with Crippen molar-refractivity contribution in [2.24, 2.45) is 11.8 Å². The van der Waals surface area contributed by atoms with E-state index in [1.165, 1.54) is 11.3 Å². The van der Waals surface area contributed by atoms with Gasteiger partial charge in [0.1, 0.15) is 24.7 Å².